The molecule has 2 rings (SSSR count). The summed E-state index contributed by atoms with van der Waals surface area (Å²) >= 11 is 1.49. The van der Waals surface area contributed by atoms with Crippen LogP contribution in [0.1, 0.15) is 26.3 Å². The fourth-order valence-corrected chi connectivity index (χ4v) is 3.01. The van der Waals surface area contributed by atoms with Gasteiger partial charge in [0.15, 0.2) is 0 Å². The largest absolute Gasteiger partial charge is 0.478 e. The van der Waals surface area contributed by atoms with Crippen LogP contribution in [0, 0.1) is 0 Å². The molecule has 1 atom stereocenters. The van der Waals surface area contributed by atoms with Crippen molar-refractivity contribution in [3.63, 3.8) is 0 Å². The lowest BCUT2D eigenvalue weighted by Crippen LogP contribution is -2.57. The van der Waals surface area contributed by atoms with Crippen molar-refractivity contribution in [3.05, 3.63) is 23.9 Å². The first-order valence-electron chi connectivity index (χ1n) is 7.23. The van der Waals surface area contributed by atoms with Crippen LogP contribution in [0.2, 0.25) is 0 Å². The van der Waals surface area contributed by atoms with Gasteiger partial charge in [0, 0.05) is 24.1 Å². The van der Waals surface area contributed by atoms with Gasteiger partial charge in [-0.05, 0) is 26.8 Å². The van der Waals surface area contributed by atoms with E-state index >= 15 is 0 Å². The van der Waals surface area contributed by atoms with E-state index in [4.69, 9.17) is 4.74 Å². The number of hydrogen-bond donors (Lipinski definition) is 2. The van der Waals surface area contributed by atoms with Crippen LogP contribution in [0.3, 0.4) is 0 Å². The second-order valence-corrected chi connectivity index (χ2v) is 7.11. The highest BCUT2D eigenvalue weighted by Crippen LogP contribution is 2.29. The average Bonchev–Trinajstić information content (AvgIpc) is 2.49. The van der Waals surface area contributed by atoms with Gasteiger partial charge >= 0.3 is 0 Å². The van der Waals surface area contributed by atoms with E-state index < -0.39 is 10.8 Å². The zero-order valence-corrected chi connectivity index (χ0v) is 13.8. The van der Waals surface area contributed by atoms with Crippen LogP contribution in [0.25, 0.3) is 0 Å². The molecule has 2 heterocycles. The lowest BCUT2D eigenvalue weighted by atomic mass is 10.1. The molecule has 0 aliphatic carbocycles. The number of ether oxygens (including phenoxy) is 1. The zero-order valence-electron chi connectivity index (χ0n) is 13.0. The van der Waals surface area contributed by atoms with Crippen LogP contribution in [-0.2, 0) is 16.1 Å². The van der Waals surface area contributed by atoms with E-state index in [-0.39, 0.29) is 11.8 Å². The Kier molecular flexibility index (Phi) is 5.28. The normalized spacial score (nSPS) is 20.1. The molecular weight excluding hydrogens is 302 g/mol. The SMILES string of the molecule is CCOc1ncccc1CNC(=O)[C@@H]1CSC(C)(C)C(=O)N1. The highest BCUT2D eigenvalue weighted by atomic mass is 32.2. The van der Waals surface area contributed by atoms with Crippen molar-refractivity contribution in [2.75, 3.05) is 12.4 Å². The molecule has 22 heavy (non-hydrogen) atoms. The summed E-state index contributed by atoms with van der Waals surface area (Å²) in [4.78, 5) is 28.2. The van der Waals surface area contributed by atoms with Gasteiger partial charge in [-0.3, -0.25) is 9.59 Å². The quantitative estimate of drug-likeness (QED) is 0.848. The summed E-state index contributed by atoms with van der Waals surface area (Å²) in [6.07, 6.45) is 1.65. The van der Waals surface area contributed by atoms with Crippen molar-refractivity contribution in [1.29, 1.82) is 0 Å². The third kappa shape index (κ3) is 3.91. The molecule has 1 aliphatic rings. The number of hydrogen-bond acceptors (Lipinski definition) is 5. The van der Waals surface area contributed by atoms with E-state index in [1.165, 1.54) is 11.8 Å². The van der Waals surface area contributed by atoms with Gasteiger partial charge in [-0.2, -0.15) is 0 Å². The maximum atomic E-state index is 12.2. The summed E-state index contributed by atoms with van der Waals surface area (Å²) < 4.78 is 4.94. The summed E-state index contributed by atoms with van der Waals surface area (Å²) in [5.41, 5.74) is 0.813. The maximum Gasteiger partial charge on any atom is 0.243 e. The van der Waals surface area contributed by atoms with Crippen molar-refractivity contribution < 1.29 is 14.3 Å². The van der Waals surface area contributed by atoms with Gasteiger partial charge < -0.3 is 15.4 Å². The van der Waals surface area contributed by atoms with E-state index in [1.807, 2.05) is 26.8 Å². The van der Waals surface area contributed by atoms with Crippen LogP contribution in [0.4, 0.5) is 0 Å². The van der Waals surface area contributed by atoms with Crippen molar-refractivity contribution in [2.45, 2.75) is 38.1 Å². The van der Waals surface area contributed by atoms with Crippen molar-refractivity contribution in [3.8, 4) is 5.88 Å². The lowest BCUT2D eigenvalue weighted by molar-refractivity contribution is -0.129. The number of aromatic nitrogens is 1. The predicted octanol–water partition coefficient (Wildman–Crippen LogP) is 1.11. The summed E-state index contributed by atoms with van der Waals surface area (Å²) in [5, 5.41) is 5.59. The monoisotopic (exact) mass is 323 g/mol. The number of amides is 2. The molecular formula is C15H21N3O3S. The van der Waals surface area contributed by atoms with Gasteiger partial charge in [-0.25, -0.2) is 4.98 Å². The minimum atomic E-state index is -0.502. The Bertz CT molecular complexity index is 563. The third-order valence-electron chi connectivity index (χ3n) is 3.36. The van der Waals surface area contributed by atoms with Gasteiger partial charge in [-0.15, -0.1) is 11.8 Å². The molecule has 0 saturated carbocycles. The molecule has 1 aromatic heterocycles. The Morgan fingerprint density at radius 3 is 3.05 bits per heavy atom. The number of thioether (sulfide) groups is 1. The first kappa shape index (κ1) is 16.6. The number of carbonyl (C=O) groups is 2. The first-order chi connectivity index (χ1) is 10.4. The molecule has 2 N–H and O–H groups in total. The average molecular weight is 323 g/mol. The van der Waals surface area contributed by atoms with Crippen LogP contribution in [0.15, 0.2) is 18.3 Å². The Balaban J connectivity index is 1.92. The molecule has 120 valence electrons. The number of nitrogens with zero attached hydrogens (tertiary/aromatic N) is 1. The fourth-order valence-electron chi connectivity index (χ4n) is 2.00. The smallest absolute Gasteiger partial charge is 0.243 e. The number of rotatable bonds is 5. The predicted molar refractivity (Wildman–Crippen MR) is 85.7 cm³/mol. The van der Waals surface area contributed by atoms with Crippen LogP contribution >= 0.6 is 11.8 Å². The Morgan fingerprint density at radius 1 is 1.59 bits per heavy atom. The molecule has 7 heteroatoms. The number of nitrogens with one attached hydrogen (secondary N) is 2. The van der Waals surface area contributed by atoms with Gasteiger partial charge in [0.05, 0.1) is 11.4 Å². The Labute approximate surface area is 134 Å². The topological polar surface area (TPSA) is 80.3 Å². The standard InChI is InChI=1S/C15H21N3O3S/c1-4-21-13-10(6-5-7-16-13)8-17-12(19)11-9-22-15(2,3)14(20)18-11/h5-7,11H,4,8-9H2,1-3H3,(H,17,19)(H,18,20)/t11-/m0/s1. The summed E-state index contributed by atoms with van der Waals surface area (Å²) in [6, 6.07) is 3.15. The molecule has 1 saturated heterocycles. The summed E-state index contributed by atoms with van der Waals surface area (Å²) in [7, 11) is 0. The molecule has 0 aromatic carbocycles. The second-order valence-electron chi connectivity index (χ2n) is 5.47. The van der Waals surface area contributed by atoms with Gasteiger partial charge in [0.25, 0.3) is 0 Å². The molecule has 1 aromatic rings. The van der Waals surface area contributed by atoms with E-state index in [1.54, 1.807) is 12.3 Å². The molecule has 1 fully saturated rings. The van der Waals surface area contributed by atoms with Gasteiger partial charge in [0.1, 0.15) is 6.04 Å². The van der Waals surface area contributed by atoms with E-state index in [2.05, 4.69) is 15.6 Å². The minimum absolute atomic E-state index is 0.111. The van der Waals surface area contributed by atoms with Crippen molar-refractivity contribution in [2.24, 2.45) is 0 Å². The van der Waals surface area contributed by atoms with Crippen molar-refractivity contribution in [1.82, 2.24) is 15.6 Å². The Morgan fingerprint density at radius 2 is 2.36 bits per heavy atom. The molecule has 1 aliphatic heterocycles. The summed E-state index contributed by atoms with van der Waals surface area (Å²) in [5.74, 6) is 0.784. The van der Waals surface area contributed by atoms with Crippen molar-refractivity contribution >= 4 is 23.6 Å². The van der Waals surface area contributed by atoms with Crippen LogP contribution < -0.4 is 15.4 Å². The van der Waals surface area contributed by atoms with E-state index in [0.29, 0.717) is 24.8 Å². The third-order valence-corrected chi connectivity index (χ3v) is 4.77. The lowest BCUT2D eigenvalue weighted by Gasteiger charge is -2.32. The van der Waals surface area contributed by atoms with Gasteiger partial charge in [-0.1, -0.05) is 6.07 Å². The number of pyridine rings is 1. The van der Waals surface area contributed by atoms with E-state index in [0.717, 1.165) is 5.56 Å². The highest BCUT2D eigenvalue weighted by molar-refractivity contribution is 8.01. The molecule has 6 nitrogen and oxygen atoms in total. The van der Waals surface area contributed by atoms with E-state index in [9.17, 15) is 9.59 Å². The molecule has 0 unspecified atom stereocenters. The maximum absolute atomic E-state index is 12.2. The summed E-state index contributed by atoms with van der Waals surface area (Å²) in [6.45, 7) is 6.43. The van der Waals surface area contributed by atoms with Crippen LogP contribution in [0.5, 0.6) is 5.88 Å². The first-order valence-corrected chi connectivity index (χ1v) is 8.22. The second kappa shape index (κ2) is 7.00. The molecule has 2 amide bonds. The van der Waals surface area contributed by atoms with Gasteiger partial charge in [0.2, 0.25) is 17.7 Å². The number of carbonyl (C=O) groups excluding carboxylic acids is 2. The fraction of sp³-hybridized carbons (Fsp3) is 0.533. The highest BCUT2D eigenvalue weighted by Gasteiger charge is 2.37. The van der Waals surface area contributed by atoms with Crippen LogP contribution in [-0.4, -0.2) is 39.9 Å². The molecule has 0 bridgehead atoms. The molecule has 0 radical (unpaired) electrons. The Hall–Kier alpha value is -1.76. The minimum Gasteiger partial charge on any atom is -0.478 e. The molecule has 0 spiro atoms. The zero-order chi connectivity index (χ0) is 16.2.